The molecule has 216 valence electrons. The molecule has 0 fully saturated rings. The van der Waals surface area contributed by atoms with Gasteiger partial charge in [-0.15, -0.1) is 66.5 Å². The number of hydrogen-bond donors (Lipinski definition) is 0. The maximum Gasteiger partial charge on any atom is 0.248 e. The quantitative estimate of drug-likeness (QED) is 0.0642. The molecule has 1 rings (SSSR count). The van der Waals surface area contributed by atoms with Crippen LogP contribution in [0.1, 0.15) is 77.0 Å². The van der Waals surface area contributed by atoms with E-state index in [1.54, 1.807) is 5.19 Å². The van der Waals surface area contributed by atoms with Gasteiger partial charge in [0.25, 0.3) is 0 Å². The molecule has 1 aromatic carbocycles. The molecule has 0 aliphatic rings. The van der Waals surface area contributed by atoms with Crippen LogP contribution in [0.4, 0.5) is 0 Å². The van der Waals surface area contributed by atoms with Gasteiger partial charge in [0.1, 0.15) is 0 Å². The van der Waals surface area contributed by atoms with Gasteiger partial charge in [-0.25, -0.2) is 0 Å². The van der Waals surface area contributed by atoms with Crippen LogP contribution in [0.5, 0.6) is 0 Å². The first-order valence-electron chi connectivity index (χ1n) is 14.4. The van der Waals surface area contributed by atoms with E-state index in [4.69, 9.17) is 66.5 Å². The third-order valence-corrected chi connectivity index (χ3v) is 20.0. The highest BCUT2D eigenvalue weighted by molar-refractivity contribution is 7.45. The SMILES string of the molecule is C[Si](Cl)(Cl)CCCCCC[Si](CCCCCC[Si](C)(Cl)Cl)(CCCCCC[Si](C)(Cl)Cl)c1ccccc1. The van der Waals surface area contributed by atoms with Crippen LogP contribution in [-0.4, -0.2) is 28.2 Å². The van der Waals surface area contributed by atoms with Crippen molar-refractivity contribution in [3.8, 4) is 0 Å². The second-order valence-corrected chi connectivity index (χ2v) is 40.9. The van der Waals surface area contributed by atoms with Crippen LogP contribution >= 0.6 is 66.5 Å². The first-order valence-corrected chi connectivity index (χ1v) is 31.2. The molecule has 0 spiro atoms. The molecule has 0 bridgehead atoms. The van der Waals surface area contributed by atoms with Crippen molar-refractivity contribution in [2.45, 2.75) is 133 Å². The smallest absolute Gasteiger partial charge is 0.146 e. The Morgan fingerprint density at radius 1 is 0.405 bits per heavy atom. The Labute approximate surface area is 261 Å². The van der Waals surface area contributed by atoms with E-state index in [1.807, 2.05) is 19.6 Å². The Balaban J connectivity index is 2.76. The van der Waals surface area contributed by atoms with Crippen molar-refractivity contribution < 1.29 is 0 Å². The minimum Gasteiger partial charge on any atom is -0.146 e. The Morgan fingerprint density at radius 3 is 0.946 bits per heavy atom. The van der Waals surface area contributed by atoms with Gasteiger partial charge in [-0.3, -0.25) is 0 Å². The van der Waals surface area contributed by atoms with Crippen molar-refractivity contribution in [3.05, 3.63) is 30.3 Å². The summed E-state index contributed by atoms with van der Waals surface area (Å²) in [4.78, 5) is 0. The third kappa shape index (κ3) is 20.4. The summed E-state index contributed by atoms with van der Waals surface area (Å²) in [6.45, 7) is 0.222. The molecular weight excluding hydrogens is 649 g/mol. The largest absolute Gasteiger partial charge is 0.248 e. The van der Waals surface area contributed by atoms with E-state index in [2.05, 4.69) is 30.3 Å². The van der Waals surface area contributed by atoms with Crippen LogP contribution in [0, 0.1) is 0 Å². The molecule has 0 aliphatic heterocycles. The lowest BCUT2D eigenvalue weighted by molar-refractivity contribution is 0.666. The van der Waals surface area contributed by atoms with E-state index < -0.39 is 28.2 Å². The maximum absolute atomic E-state index is 6.32. The van der Waals surface area contributed by atoms with E-state index >= 15 is 0 Å². The minimum absolute atomic E-state index is 1.01. The van der Waals surface area contributed by atoms with Gasteiger partial charge in [0.2, 0.25) is 20.1 Å². The molecule has 0 amide bonds. The van der Waals surface area contributed by atoms with Crippen LogP contribution < -0.4 is 5.19 Å². The average molecular weight is 700 g/mol. The van der Waals surface area contributed by atoms with Crippen LogP contribution in [0.2, 0.25) is 55.9 Å². The lowest BCUT2D eigenvalue weighted by atomic mass is 10.2. The van der Waals surface area contributed by atoms with Gasteiger partial charge in [-0.05, 0) is 37.8 Å². The van der Waals surface area contributed by atoms with Crippen molar-refractivity contribution in [1.29, 1.82) is 0 Å². The second-order valence-electron chi connectivity index (χ2n) is 11.6. The lowest BCUT2D eigenvalue weighted by Crippen LogP contribution is -2.47. The predicted octanol–water partition coefficient (Wildman–Crippen LogP) is 12.7. The Morgan fingerprint density at radius 2 is 0.676 bits per heavy atom. The maximum atomic E-state index is 6.32. The van der Waals surface area contributed by atoms with Crippen molar-refractivity contribution in [2.24, 2.45) is 0 Å². The van der Waals surface area contributed by atoms with Gasteiger partial charge in [-0.1, -0.05) is 131 Å². The van der Waals surface area contributed by atoms with E-state index in [0.717, 1.165) is 18.1 Å². The molecule has 10 heteroatoms. The number of hydrogen-bond acceptors (Lipinski definition) is 0. The lowest BCUT2D eigenvalue weighted by Gasteiger charge is -2.33. The topological polar surface area (TPSA) is 0 Å². The van der Waals surface area contributed by atoms with Crippen LogP contribution in [0.15, 0.2) is 30.3 Å². The zero-order valence-electron chi connectivity index (χ0n) is 23.4. The second kappa shape index (κ2) is 19.1. The summed E-state index contributed by atoms with van der Waals surface area (Å²) in [5, 5.41) is 1.67. The molecule has 0 heterocycles. The molecule has 0 atom stereocenters. The molecule has 1 aromatic rings. The van der Waals surface area contributed by atoms with E-state index in [9.17, 15) is 0 Å². The first kappa shape index (κ1) is 36.9. The number of unbranched alkanes of at least 4 members (excludes halogenated alkanes) is 9. The van der Waals surface area contributed by atoms with Crippen LogP contribution in [-0.2, 0) is 0 Å². The molecule has 0 saturated heterocycles. The Hall–Kier alpha value is 1.83. The summed E-state index contributed by atoms with van der Waals surface area (Å²) in [6, 6.07) is 18.8. The highest BCUT2D eigenvalue weighted by atomic mass is 35.7. The summed E-state index contributed by atoms with van der Waals surface area (Å²) in [5.74, 6) is 0. The molecule has 37 heavy (non-hydrogen) atoms. The fourth-order valence-electron chi connectivity index (χ4n) is 5.36. The normalized spacial score (nSPS) is 13.3. The van der Waals surface area contributed by atoms with Crippen LogP contribution in [0.3, 0.4) is 0 Å². The number of benzene rings is 1. The van der Waals surface area contributed by atoms with Gasteiger partial charge in [0, 0.05) is 0 Å². The van der Waals surface area contributed by atoms with Gasteiger partial charge in [-0.2, -0.15) is 0 Å². The Kier molecular flexibility index (Phi) is 19.0. The summed E-state index contributed by atoms with van der Waals surface area (Å²) in [6.07, 6.45) is 15.1. The molecular formula is C27H50Cl6Si4. The average Bonchev–Trinajstić information content (AvgIpc) is 2.78. The molecule has 0 radical (unpaired) electrons. The van der Waals surface area contributed by atoms with Crippen molar-refractivity contribution in [2.75, 3.05) is 0 Å². The summed E-state index contributed by atoms with van der Waals surface area (Å²) < 4.78 is 0. The molecule has 0 aliphatic carbocycles. The minimum atomic E-state index is -1.96. The third-order valence-electron chi connectivity index (χ3n) is 7.45. The highest BCUT2D eigenvalue weighted by Crippen LogP contribution is 2.32. The van der Waals surface area contributed by atoms with Crippen molar-refractivity contribution in [3.63, 3.8) is 0 Å². The van der Waals surface area contributed by atoms with E-state index in [-0.39, 0.29) is 0 Å². The molecule has 0 unspecified atom stereocenters. The fraction of sp³-hybridized carbons (Fsp3) is 0.778. The Bertz CT molecular complexity index is 637. The van der Waals surface area contributed by atoms with Gasteiger partial charge in [0.15, 0.2) is 0 Å². The zero-order valence-corrected chi connectivity index (χ0v) is 31.9. The summed E-state index contributed by atoms with van der Waals surface area (Å²) >= 11 is 37.9. The predicted molar refractivity (Wildman–Crippen MR) is 186 cm³/mol. The first-order chi connectivity index (χ1) is 17.2. The van der Waals surface area contributed by atoms with Crippen LogP contribution in [0.25, 0.3) is 0 Å². The van der Waals surface area contributed by atoms with Crippen molar-refractivity contribution in [1.82, 2.24) is 0 Å². The molecule has 0 nitrogen and oxygen atoms in total. The number of rotatable bonds is 22. The van der Waals surface area contributed by atoms with Gasteiger partial charge < -0.3 is 0 Å². The molecule has 0 N–H and O–H groups in total. The standard InChI is InChI=1S/C27H50Cl6Si4/c1-34(28,29)21-13-4-7-16-24-37(27-19-11-10-12-20-27,25-17-8-5-14-22-35(2,30)31)26-18-9-6-15-23-36(3,32)33/h10-12,19-20H,4-9,13-18,21-26H2,1-3H3. The fourth-order valence-corrected chi connectivity index (χ4v) is 15.7. The van der Waals surface area contributed by atoms with Gasteiger partial charge >= 0.3 is 0 Å². The summed E-state index contributed by atoms with van der Waals surface area (Å²) in [5.41, 5.74) is 0. The molecule has 0 aromatic heterocycles. The zero-order chi connectivity index (χ0) is 27.8. The monoisotopic (exact) mass is 696 g/mol. The van der Waals surface area contributed by atoms with Crippen molar-refractivity contribution >= 4 is 99.8 Å². The highest BCUT2D eigenvalue weighted by Gasteiger charge is 2.33. The summed E-state index contributed by atoms with van der Waals surface area (Å²) in [7, 11) is -1.59. The van der Waals surface area contributed by atoms with E-state index in [0.29, 0.717) is 0 Å². The van der Waals surface area contributed by atoms with Gasteiger partial charge in [0.05, 0.1) is 8.07 Å². The van der Waals surface area contributed by atoms with E-state index in [1.165, 1.54) is 95.2 Å². The number of halogens is 6. The molecule has 0 saturated carbocycles.